The first-order chi connectivity index (χ1) is 9.33. The molecule has 3 heterocycles. The summed E-state index contributed by atoms with van der Waals surface area (Å²) < 4.78 is 10.7. The SMILES string of the molecule is Cc1ccoc1-c1noc(CN2CCCNCC2)n1. The Kier molecular flexibility index (Phi) is 3.61. The van der Waals surface area contributed by atoms with E-state index in [9.17, 15) is 0 Å². The molecule has 3 rings (SSSR count). The van der Waals surface area contributed by atoms with E-state index in [4.69, 9.17) is 8.94 Å². The first kappa shape index (κ1) is 12.4. The fourth-order valence-electron chi connectivity index (χ4n) is 2.26. The molecule has 2 aromatic heterocycles. The Morgan fingerprint density at radius 3 is 3.16 bits per heavy atom. The molecular formula is C13H18N4O2. The van der Waals surface area contributed by atoms with Crippen molar-refractivity contribution < 1.29 is 8.94 Å². The molecule has 1 saturated heterocycles. The monoisotopic (exact) mass is 262 g/mol. The molecule has 19 heavy (non-hydrogen) atoms. The van der Waals surface area contributed by atoms with Gasteiger partial charge in [-0.1, -0.05) is 5.16 Å². The number of aryl methyl sites for hydroxylation is 1. The third-order valence-electron chi connectivity index (χ3n) is 3.32. The molecule has 0 spiro atoms. The molecule has 1 fully saturated rings. The molecule has 0 unspecified atom stereocenters. The summed E-state index contributed by atoms with van der Waals surface area (Å²) in [5, 5.41) is 7.36. The molecule has 0 atom stereocenters. The Bertz CT molecular complexity index is 526. The molecule has 1 aliphatic heterocycles. The lowest BCUT2D eigenvalue weighted by atomic mass is 10.3. The summed E-state index contributed by atoms with van der Waals surface area (Å²) in [4.78, 5) is 6.73. The Balaban J connectivity index is 1.69. The normalized spacial score (nSPS) is 17.5. The van der Waals surface area contributed by atoms with E-state index in [-0.39, 0.29) is 0 Å². The van der Waals surface area contributed by atoms with E-state index in [0.717, 1.165) is 38.2 Å². The zero-order valence-corrected chi connectivity index (χ0v) is 11.1. The van der Waals surface area contributed by atoms with Gasteiger partial charge in [-0.05, 0) is 38.1 Å². The van der Waals surface area contributed by atoms with E-state index in [1.165, 1.54) is 0 Å². The highest BCUT2D eigenvalue weighted by molar-refractivity contribution is 5.50. The summed E-state index contributed by atoms with van der Waals surface area (Å²) in [5.41, 5.74) is 1.02. The van der Waals surface area contributed by atoms with Crippen molar-refractivity contribution in [2.45, 2.75) is 19.9 Å². The van der Waals surface area contributed by atoms with Crippen molar-refractivity contribution in [2.75, 3.05) is 26.2 Å². The van der Waals surface area contributed by atoms with Gasteiger partial charge in [0.1, 0.15) is 0 Å². The molecule has 0 bridgehead atoms. The molecule has 0 aromatic carbocycles. The summed E-state index contributed by atoms with van der Waals surface area (Å²) in [6, 6.07) is 1.89. The summed E-state index contributed by atoms with van der Waals surface area (Å²) in [5.74, 6) is 1.87. The molecule has 102 valence electrons. The first-order valence-electron chi connectivity index (χ1n) is 6.63. The van der Waals surface area contributed by atoms with Crippen LogP contribution in [0.5, 0.6) is 0 Å². The van der Waals surface area contributed by atoms with Gasteiger partial charge in [0.15, 0.2) is 5.76 Å². The van der Waals surface area contributed by atoms with Crippen molar-refractivity contribution in [3.05, 3.63) is 23.8 Å². The minimum Gasteiger partial charge on any atom is -0.461 e. The van der Waals surface area contributed by atoms with Crippen LogP contribution < -0.4 is 5.32 Å². The molecule has 0 saturated carbocycles. The number of hydrogen-bond donors (Lipinski definition) is 1. The zero-order chi connectivity index (χ0) is 13.1. The van der Waals surface area contributed by atoms with Crippen LogP contribution in [0.15, 0.2) is 21.3 Å². The molecule has 6 heteroatoms. The second-order valence-electron chi connectivity index (χ2n) is 4.82. The van der Waals surface area contributed by atoms with Gasteiger partial charge in [-0.2, -0.15) is 4.98 Å². The van der Waals surface area contributed by atoms with Gasteiger partial charge in [0, 0.05) is 13.1 Å². The van der Waals surface area contributed by atoms with Crippen LogP contribution in [0, 0.1) is 6.92 Å². The minimum absolute atomic E-state index is 0.533. The van der Waals surface area contributed by atoms with E-state index in [0.29, 0.717) is 24.0 Å². The van der Waals surface area contributed by atoms with Crippen molar-refractivity contribution >= 4 is 0 Å². The summed E-state index contributed by atoms with van der Waals surface area (Å²) in [6.07, 6.45) is 2.79. The van der Waals surface area contributed by atoms with Gasteiger partial charge in [0.2, 0.25) is 11.7 Å². The molecule has 2 aromatic rings. The number of hydrogen-bond acceptors (Lipinski definition) is 6. The average Bonchev–Trinajstić information content (AvgIpc) is 2.93. The van der Waals surface area contributed by atoms with Crippen molar-refractivity contribution in [3.8, 4) is 11.6 Å². The predicted octanol–water partition coefficient (Wildman–Crippen LogP) is 1.43. The maximum absolute atomic E-state index is 5.37. The van der Waals surface area contributed by atoms with Gasteiger partial charge < -0.3 is 14.3 Å². The topological polar surface area (TPSA) is 67.3 Å². The van der Waals surface area contributed by atoms with Crippen LogP contribution >= 0.6 is 0 Å². The van der Waals surface area contributed by atoms with Gasteiger partial charge in [-0.3, -0.25) is 4.90 Å². The largest absolute Gasteiger partial charge is 0.461 e. The van der Waals surface area contributed by atoms with Gasteiger partial charge in [0.05, 0.1) is 12.8 Å². The molecule has 1 N–H and O–H groups in total. The van der Waals surface area contributed by atoms with Crippen LogP contribution in [-0.2, 0) is 6.54 Å². The number of furan rings is 1. The molecule has 1 aliphatic rings. The number of aromatic nitrogens is 2. The highest BCUT2D eigenvalue weighted by Crippen LogP contribution is 2.21. The average molecular weight is 262 g/mol. The van der Waals surface area contributed by atoms with E-state index in [1.807, 2.05) is 13.0 Å². The number of nitrogens with zero attached hydrogens (tertiary/aromatic N) is 3. The lowest BCUT2D eigenvalue weighted by Crippen LogP contribution is -2.27. The second kappa shape index (κ2) is 5.54. The van der Waals surface area contributed by atoms with Crippen LogP contribution in [0.2, 0.25) is 0 Å². The van der Waals surface area contributed by atoms with Crippen LogP contribution in [-0.4, -0.2) is 41.2 Å². The van der Waals surface area contributed by atoms with Crippen molar-refractivity contribution in [2.24, 2.45) is 0 Å². The molecule has 0 radical (unpaired) electrons. The number of nitrogens with one attached hydrogen (secondary N) is 1. The third kappa shape index (κ3) is 2.85. The zero-order valence-electron chi connectivity index (χ0n) is 11.1. The molecule has 6 nitrogen and oxygen atoms in total. The molecular weight excluding hydrogens is 244 g/mol. The van der Waals surface area contributed by atoms with E-state index < -0.39 is 0 Å². The third-order valence-corrected chi connectivity index (χ3v) is 3.32. The fraction of sp³-hybridized carbons (Fsp3) is 0.538. The first-order valence-corrected chi connectivity index (χ1v) is 6.63. The summed E-state index contributed by atoms with van der Waals surface area (Å²) >= 11 is 0. The van der Waals surface area contributed by atoms with Crippen molar-refractivity contribution in [3.63, 3.8) is 0 Å². The summed E-state index contributed by atoms with van der Waals surface area (Å²) in [7, 11) is 0. The predicted molar refractivity (Wildman–Crippen MR) is 69.5 cm³/mol. The fourth-order valence-corrected chi connectivity index (χ4v) is 2.26. The van der Waals surface area contributed by atoms with Crippen molar-refractivity contribution in [1.82, 2.24) is 20.4 Å². The lowest BCUT2D eigenvalue weighted by Gasteiger charge is -2.16. The lowest BCUT2D eigenvalue weighted by molar-refractivity contribution is 0.239. The Labute approximate surface area is 111 Å². The van der Waals surface area contributed by atoms with Crippen molar-refractivity contribution in [1.29, 1.82) is 0 Å². The Morgan fingerprint density at radius 1 is 1.37 bits per heavy atom. The van der Waals surface area contributed by atoms with Crippen LogP contribution in [0.4, 0.5) is 0 Å². The highest BCUT2D eigenvalue weighted by Gasteiger charge is 2.16. The molecule has 0 amide bonds. The summed E-state index contributed by atoms with van der Waals surface area (Å²) in [6.45, 7) is 6.83. The second-order valence-corrected chi connectivity index (χ2v) is 4.82. The maximum Gasteiger partial charge on any atom is 0.241 e. The van der Waals surface area contributed by atoms with Gasteiger partial charge in [-0.25, -0.2) is 0 Å². The number of rotatable bonds is 3. The van der Waals surface area contributed by atoms with Gasteiger partial charge in [-0.15, -0.1) is 0 Å². The van der Waals surface area contributed by atoms with E-state index in [2.05, 4.69) is 20.4 Å². The standard InChI is InChI=1S/C13H18N4O2/c1-10-3-8-18-12(10)13-15-11(19-16-13)9-17-6-2-4-14-5-7-17/h3,8,14H,2,4-7,9H2,1H3. The minimum atomic E-state index is 0.533. The van der Waals surface area contributed by atoms with E-state index in [1.54, 1.807) is 6.26 Å². The Hall–Kier alpha value is -1.66. The van der Waals surface area contributed by atoms with Gasteiger partial charge in [0.25, 0.3) is 0 Å². The van der Waals surface area contributed by atoms with Gasteiger partial charge >= 0.3 is 0 Å². The smallest absolute Gasteiger partial charge is 0.241 e. The quantitative estimate of drug-likeness (QED) is 0.902. The van der Waals surface area contributed by atoms with E-state index >= 15 is 0 Å². The highest BCUT2D eigenvalue weighted by atomic mass is 16.5. The Morgan fingerprint density at radius 2 is 2.32 bits per heavy atom. The van der Waals surface area contributed by atoms with Crippen LogP contribution in [0.1, 0.15) is 17.9 Å². The van der Waals surface area contributed by atoms with Crippen LogP contribution in [0.3, 0.4) is 0 Å². The molecule has 0 aliphatic carbocycles. The maximum atomic E-state index is 5.37. The van der Waals surface area contributed by atoms with Crippen LogP contribution in [0.25, 0.3) is 11.6 Å².